The van der Waals surface area contributed by atoms with E-state index in [4.69, 9.17) is 10.5 Å². The summed E-state index contributed by atoms with van der Waals surface area (Å²) in [5, 5.41) is 0.638. The smallest absolute Gasteiger partial charge is 0.242 e. The van der Waals surface area contributed by atoms with Gasteiger partial charge in [-0.3, -0.25) is 0 Å². The summed E-state index contributed by atoms with van der Waals surface area (Å²) in [4.78, 5) is 3.17. The molecule has 2 aromatic rings. The Morgan fingerprint density at radius 3 is 2.90 bits per heavy atom. The van der Waals surface area contributed by atoms with Crippen LogP contribution in [0.2, 0.25) is 0 Å². The molecule has 2 rings (SSSR count). The number of nitrogens with one attached hydrogen (secondary N) is 2. The zero-order chi connectivity index (χ0) is 15.3. The predicted molar refractivity (Wildman–Crippen MR) is 83.6 cm³/mol. The van der Waals surface area contributed by atoms with E-state index < -0.39 is 10.0 Å². The van der Waals surface area contributed by atoms with Crippen molar-refractivity contribution in [3.8, 4) is 0 Å². The van der Waals surface area contributed by atoms with E-state index in [1.165, 1.54) is 6.20 Å². The highest BCUT2D eigenvalue weighted by Crippen LogP contribution is 2.24. The molecule has 0 bridgehead atoms. The summed E-state index contributed by atoms with van der Waals surface area (Å²) in [6.07, 6.45) is 3.10. The summed E-state index contributed by atoms with van der Waals surface area (Å²) < 4.78 is 32.5. The Balaban J connectivity index is 2.01. The number of ether oxygens (including phenoxy) is 1. The molecule has 1 heterocycles. The topological polar surface area (TPSA) is 97.2 Å². The van der Waals surface area contributed by atoms with Gasteiger partial charge in [0.25, 0.3) is 0 Å². The number of benzene rings is 1. The maximum absolute atomic E-state index is 12.3. The minimum Gasteiger partial charge on any atom is -0.399 e. The molecule has 0 unspecified atom stereocenters. The van der Waals surface area contributed by atoms with Crippen molar-refractivity contribution in [2.75, 3.05) is 25.5 Å². The van der Waals surface area contributed by atoms with E-state index in [9.17, 15) is 8.42 Å². The van der Waals surface area contributed by atoms with Gasteiger partial charge in [0.2, 0.25) is 10.0 Å². The molecule has 0 aliphatic heterocycles. The molecule has 6 nitrogen and oxygen atoms in total. The van der Waals surface area contributed by atoms with E-state index in [2.05, 4.69) is 9.71 Å². The first-order valence-electron chi connectivity index (χ1n) is 6.98. The first-order chi connectivity index (χ1) is 10.0. The molecule has 0 aliphatic rings. The summed E-state index contributed by atoms with van der Waals surface area (Å²) in [7, 11) is -3.53. The Morgan fingerprint density at radius 1 is 1.33 bits per heavy atom. The van der Waals surface area contributed by atoms with Crippen LogP contribution in [0.3, 0.4) is 0 Å². The highest BCUT2D eigenvalue weighted by Gasteiger charge is 2.18. The molecule has 0 amide bonds. The van der Waals surface area contributed by atoms with Gasteiger partial charge in [0.15, 0.2) is 0 Å². The quantitative estimate of drug-likeness (QED) is 0.512. The first kappa shape index (κ1) is 15.8. The van der Waals surface area contributed by atoms with Crippen LogP contribution in [0.4, 0.5) is 5.69 Å². The molecule has 0 spiro atoms. The number of aromatic amines is 1. The van der Waals surface area contributed by atoms with Crippen LogP contribution in [-0.4, -0.2) is 33.2 Å². The Bertz CT molecular complexity index is 695. The van der Waals surface area contributed by atoms with Crippen molar-refractivity contribution in [1.29, 1.82) is 0 Å². The summed E-state index contributed by atoms with van der Waals surface area (Å²) >= 11 is 0. The van der Waals surface area contributed by atoms with Crippen LogP contribution in [0.25, 0.3) is 10.9 Å². The van der Waals surface area contributed by atoms with Gasteiger partial charge in [-0.15, -0.1) is 0 Å². The number of fused-ring (bicyclic) bond motifs is 1. The molecule has 1 aromatic heterocycles. The van der Waals surface area contributed by atoms with Crippen LogP contribution in [0.15, 0.2) is 29.3 Å². The van der Waals surface area contributed by atoms with Gasteiger partial charge >= 0.3 is 0 Å². The lowest BCUT2D eigenvalue weighted by atomic mass is 10.2. The SMILES string of the molecule is CCCOCCCNS(=O)(=O)c1c[nH]c2cc(N)ccc12. The third-order valence-electron chi connectivity index (χ3n) is 3.06. The normalized spacial score (nSPS) is 12.0. The van der Waals surface area contributed by atoms with Crippen LogP contribution in [0, 0.1) is 0 Å². The van der Waals surface area contributed by atoms with Crippen LogP contribution < -0.4 is 10.5 Å². The fourth-order valence-corrected chi connectivity index (χ4v) is 3.29. The third-order valence-corrected chi connectivity index (χ3v) is 4.56. The lowest BCUT2D eigenvalue weighted by molar-refractivity contribution is 0.133. The van der Waals surface area contributed by atoms with Gasteiger partial charge in [0.1, 0.15) is 4.90 Å². The average molecular weight is 311 g/mol. The molecule has 0 fully saturated rings. The molecule has 116 valence electrons. The zero-order valence-corrected chi connectivity index (χ0v) is 12.9. The van der Waals surface area contributed by atoms with Crippen LogP contribution in [0.1, 0.15) is 19.8 Å². The predicted octanol–water partition coefficient (Wildman–Crippen LogP) is 1.85. The van der Waals surface area contributed by atoms with Crippen LogP contribution >= 0.6 is 0 Å². The number of hydrogen-bond acceptors (Lipinski definition) is 4. The van der Waals surface area contributed by atoms with Crippen molar-refractivity contribution >= 4 is 26.6 Å². The Labute approximate surface area is 124 Å². The minimum absolute atomic E-state index is 0.243. The van der Waals surface area contributed by atoms with Crippen LogP contribution in [0.5, 0.6) is 0 Å². The molecule has 0 saturated heterocycles. The average Bonchev–Trinajstić information content (AvgIpc) is 2.86. The van der Waals surface area contributed by atoms with Crippen LogP contribution in [-0.2, 0) is 14.8 Å². The van der Waals surface area contributed by atoms with Gasteiger partial charge in [0.05, 0.1) is 0 Å². The van der Waals surface area contributed by atoms with Crippen molar-refractivity contribution in [2.24, 2.45) is 0 Å². The number of aromatic nitrogens is 1. The van der Waals surface area contributed by atoms with E-state index >= 15 is 0 Å². The summed E-state index contributed by atoms with van der Waals surface area (Å²) in [6, 6.07) is 5.11. The van der Waals surface area contributed by atoms with Gasteiger partial charge in [-0.2, -0.15) is 0 Å². The van der Waals surface area contributed by atoms with Gasteiger partial charge < -0.3 is 15.5 Å². The van der Waals surface area contributed by atoms with E-state index in [0.29, 0.717) is 42.8 Å². The standard InChI is InChI=1S/C14H21N3O3S/c1-2-7-20-8-3-6-17-21(18,19)14-10-16-13-9-11(15)4-5-12(13)14/h4-5,9-10,16-17H,2-3,6-8,15H2,1H3. The molecular formula is C14H21N3O3S. The number of nitrogens with two attached hydrogens (primary N) is 1. The second-order valence-electron chi connectivity index (χ2n) is 4.82. The summed E-state index contributed by atoms with van der Waals surface area (Å²) in [6.45, 7) is 3.65. The van der Waals surface area contributed by atoms with E-state index in [1.807, 2.05) is 6.92 Å². The van der Waals surface area contributed by atoms with E-state index in [0.717, 1.165) is 6.42 Å². The number of nitrogen functional groups attached to an aromatic ring is 1. The molecule has 0 saturated carbocycles. The Morgan fingerprint density at radius 2 is 2.14 bits per heavy atom. The van der Waals surface area contributed by atoms with E-state index in [-0.39, 0.29) is 4.90 Å². The molecule has 7 heteroatoms. The summed E-state index contributed by atoms with van der Waals surface area (Å²) in [5.41, 5.74) is 6.98. The monoisotopic (exact) mass is 311 g/mol. The zero-order valence-electron chi connectivity index (χ0n) is 12.1. The first-order valence-corrected chi connectivity index (χ1v) is 8.47. The van der Waals surface area contributed by atoms with Gasteiger partial charge in [0, 0.05) is 42.5 Å². The Kier molecular flexibility index (Phi) is 5.22. The lowest BCUT2D eigenvalue weighted by Gasteiger charge is -2.06. The van der Waals surface area contributed by atoms with Crippen molar-refractivity contribution in [3.05, 3.63) is 24.4 Å². The maximum Gasteiger partial charge on any atom is 0.242 e. The van der Waals surface area contributed by atoms with Gasteiger partial charge in [-0.1, -0.05) is 6.92 Å². The highest BCUT2D eigenvalue weighted by molar-refractivity contribution is 7.89. The molecule has 4 N–H and O–H groups in total. The molecule has 0 radical (unpaired) electrons. The molecule has 0 atom stereocenters. The molecule has 1 aromatic carbocycles. The lowest BCUT2D eigenvalue weighted by Crippen LogP contribution is -2.25. The second kappa shape index (κ2) is 6.93. The Hall–Kier alpha value is -1.57. The molecule has 21 heavy (non-hydrogen) atoms. The number of rotatable bonds is 8. The second-order valence-corrected chi connectivity index (χ2v) is 6.56. The van der Waals surface area contributed by atoms with E-state index in [1.54, 1.807) is 18.2 Å². The summed E-state index contributed by atoms with van der Waals surface area (Å²) in [5.74, 6) is 0. The van der Waals surface area contributed by atoms with Crippen molar-refractivity contribution in [2.45, 2.75) is 24.7 Å². The van der Waals surface area contributed by atoms with Crippen molar-refractivity contribution < 1.29 is 13.2 Å². The third kappa shape index (κ3) is 3.96. The number of H-pyrrole nitrogens is 1. The maximum atomic E-state index is 12.3. The number of anilines is 1. The van der Waals surface area contributed by atoms with Gasteiger partial charge in [-0.25, -0.2) is 13.1 Å². The van der Waals surface area contributed by atoms with Crippen molar-refractivity contribution in [3.63, 3.8) is 0 Å². The fourth-order valence-electron chi connectivity index (χ4n) is 2.04. The molecule has 0 aliphatic carbocycles. The highest BCUT2D eigenvalue weighted by atomic mass is 32.2. The molecular weight excluding hydrogens is 290 g/mol. The number of hydrogen-bond donors (Lipinski definition) is 3. The number of sulfonamides is 1. The van der Waals surface area contributed by atoms with Crippen molar-refractivity contribution in [1.82, 2.24) is 9.71 Å². The van der Waals surface area contributed by atoms with Gasteiger partial charge in [-0.05, 0) is 31.0 Å². The fraction of sp³-hybridized carbons (Fsp3) is 0.429. The largest absolute Gasteiger partial charge is 0.399 e. The minimum atomic E-state index is -3.53.